The van der Waals surface area contributed by atoms with Gasteiger partial charge in [0.2, 0.25) is 0 Å². The van der Waals surface area contributed by atoms with E-state index in [0.29, 0.717) is 16.5 Å². The molecule has 0 aliphatic rings. The van der Waals surface area contributed by atoms with Gasteiger partial charge in [-0.15, -0.1) is 0 Å². The molecule has 2 N–H and O–H groups in total. The highest BCUT2D eigenvalue weighted by atomic mass is 16.8. The normalized spacial score (nSPS) is 11.3. The summed E-state index contributed by atoms with van der Waals surface area (Å²) >= 11 is 0. The van der Waals surface area contributed by atoms with Crippen LogP contribution in [0.2, 0.25) is 0 Å². The fraction of sp³-hybridized carbons (Fsp3) is 0.182. The molecule has 2 aromatic rings. The first-order valence-electron chi connectivity index (χ1n) is 5.00. The van der Waals surface area contributed by atoms with Crippen LogP contribution in [0, 0.1) is 10.4 Å². The average molecular weight is 235 g/mol. The number of hydrogen-bond acceptors (Lipinski definition) is 3. The summed E-state index contributed by atoms with van der Waals surface area (Å²) in [5.41, 5.74) is 1.50. The van der Waals surface area contributed by atoms with Crippen molar-refractivity contribution in [2.75, 3.05) is 0 Å². The van der Waals surface area contributed by atoms with Crippen molar-refractivity contribution >= 4 is 16.9 Å². The second-order valence-electron chi connectivity index (χ2n) is 3.86. The van der Waals surface area contributed by atoms with E-state index in [4.69, 9.17) is 5.11 Å². The first-order chi connectivity index (χ1) is 7.99. The van der Waals surface area contributed by atoms with Gasteiger partial charge in [-0.25, -0.2) is 4.79 Å². The lowest BCUT2D eigenvalue weighted by atomic mass is 10.1. The standard InChI is InChI=1S/C11H11N2O4/c1-12-6-9(11(14)15)8-3-2-7(4-10(8)12)5-13(16)17/h2-4,6,13H,5H2,1H3,(H,14,15)/q-1. The highest BCUT2D eigenvalue weighted by Crippen LogP contribution is 2.21. The van der Waals surface area contributed by atoms with Gasteiger partial charge < -0.3 is 25.3 Å². The number of fused-ring (bicyclic) bond motifs is 1. The zero-order valence-corrected chi connectivity index (χ0v) is 9.14. The summed E-state index contributed by atoms with van der Waals surface area (Å²) in [5.74, 6) is -0.997. The van der Waals surface area contributed by atoms with Gasteiger partial charge in [0.15, 0.2) is 0 Å². The van der Waals surface area contributed by atoms with Gasteiger partial charge in [0.25, 0.3) is 0 Å². The number of benzene rings is 1. The number of nitrogens with zero attached hydrogens (tertiary/aromatic N) is 1. The van der Waals surface area contributed by atoms with Crippen molar-refractivity contribution in [3.63, 3.8) is 0 Å². The third-order valence-corrected chi connectivity index (χ3v) is 2.63. The van der Waals surface area contributed by atoms with Crippen LogP contribution in [0.15, 0.2) is 24.4 Å². The van der Waals surface area contributed by atoms with Crippen LogP contribution in [0.4, 0.5) is 0 Å². The van der Waals surface area contributed by atoms with Crippen LogP contribution in [-0.2, 0) is 13.6 Å². The van der Waals surface area contributed by atoms with Gasteiger partial charge in [-0.2, -0.15) is 0 Å². The monoisotopic (exact) mass is 235 g/mol. The van der Waals surface area contributed by atoms with Crippen molar-refractivity contribution in [2.24, 2.45) is 7.05 Å². The average Bonchev–Trinajstić information content (AvgIpc) is 2.55. The molecule has 90 valence electrons. The number of rotatable bonds is 3. The Kier molecular flexibility index (Phi) is 2.84. The molecule has 0 amide bonds. The maximum absolute atomic E-state index is 11.0. The van der Waals surface area contributed by atoms with Crippen molar-refractivity contribution < 1.29 is 15.1 Å². The predicted octanol–water partition coefficient (Wildman–Crippen LogP) is 0.257. The Morgan fingerprint density at radius 3 is 2.76 bits per heavy atom. The largest absolute Gasteiger partial charge is 0.633 e. The van der Waals surface area contributed by atoms with Gasteiger partial charge in [0.05, 0.1) is 5.56 Å². The first-order valence-corrected chi connectivity index (χ1v) is 5.00. The van der Waals surface area contributed by atoms with Crippen LogP contribution in [0.25, 0.3) is 10.9 Å². The topological polar surface area (TPSA) is 92.8 Å². The van der Waals surface area contributed by atoms with Crippen LogP contribution >= 0.6 is 0 Å². The number of aromatic nitrogens is 1. The third kappa shape index (κ3) is 2.14. The molecule has 1 aromatic carbocycles. The number of carboxylic acid groups (broad SMARTS) is 1. The van der Waals surface area contributed by atoms with E-state index in [-0.39, 0.29) is 12.1 Å². The molecule has 2 rings (SSSR count). The summed E-state index contributed by atoms with van der Waals surface area (Å²) in [7, 11) is 1.72. The molecule has 6 nitrogen and oxygen atoms in total. The molecule has 6 heteroatoms. The summed E-state index contributed by atoms with van der Waals surface area (Å²) < 4.78 is 1.66. The molecule has 0 saturated carbocycles. The van der Waals surface area contributed by atoms with E-state index in [2.05, 4.69) is 0 Å². The maximum atomic E-state index is 11.0. The fourth-order valence-electron chi connectivity index (χ4n) is 1.88. The number of nitrogens with one attached hydrogen (secondary N) is 1. The molecule has 0 unspecified atom stereocenters. The number of aromatic carboxylic acids is 1. The number of carbonyl (C=O) groups is 1. The second-order valence-corrected chi connectivity index (χ2v) is 3.86. The zero-order chi connectivity index (χ0) is 12.6. The van der Waals surface area contributed by atoms with E-state index >= 15 is 0 Å². The van der Waals surface area contributed by atoms with Crippen LogP contribution in [0.5, 0.6) is 0 Å². The summed E-state index contributed by atoms with van der Waals surface area (Å²) in [4.78, 5) is 11.0. The van der Waals surface area contributed by atoms with E-state index in [0.717, 1.165) is 0 Å². The Morgan fingerprint density at radius 1 is 1.47 bits per heavy atom. The second kappa shape index (κ2) is 4.17. The molecule has 0 aliphatic carbocycles. The molecular weight excluding hydrogens is 224 g/mol. The van der Waals surface area contributed by atoms with Gasteiger partial charge in [-0.3, -0.25) is 0 Å². The van der Waals surface area contributed by atoms with Crippen molar-refractivity contribution in [2.45, 2.75) is 6.54 Å². The lowest BCUT2D eigenvalue weighted by Gasteiger charge is -2.25. The van der Waals surface area contributed by atoms with Crippen molar-refractivity contribution in [1.29, 1.82) is 0 Å². The minimum Gasteiger partial charge on any atom is -0.633 e. The molecule has 0 spiro atoms. The molecular formula is C11H11N2O4-. The quantitative estimate of drug-likeness (QED) is 0.746. The van der Waals surface area contributed by atoms with E-state index < -0.39 is 11.2 Å². The molecule has 1 aromatic heterocycles. The van der Waals surface area contributed by atoms with Gasteiger partial charge in [-0.1, -0.05) is 12.1 Å². The van der Waals surface area contributed by atoms with Gasteiger partial charge in [-0.05, 0) is 6.07 Å². The van der Waals surface area contributed by atoms with Crippen molar-refractivity contribution in [1.82, 2.24) is 4.57 Å². The van der Waals surface area contributed by atoms with Gasteiger partial charge in [0, 0.05) is 29.7 Å². The number of hydroxylamine groups is 2. The minimum absolute atomic E-state index is 0.177. The van der Waals surface area contributed by atoms with Crippen LogP contribution < -0.4 is 5.23 Å². The lowest BCUT2D eigenvalue weighted by molar-refractivity contribution is -0.807. The predicted molar refractivity (Wildman–Crippen MR) is 61.3 cm³/mol. The summed E-state index contributed by atoms with van der Waals surface area (Å²) in [5, 5.41) is 29.4. The third-order valence-electron chi connectivity index (χ3n) is 2.63. The molecule has 1 heterocycles. The molecule has 0 atom stereocenters. The minimum atomic E-state index is -1.16. The van der Waals surface area contributed by atoms with Gasteiger partial charge >= 0.3 is 5.97 Å². The van der Waals surface area contributed by atoms with Crippen molar-refractivity contribution in [3.05, 3.63) is 45.9 Å². The molecule has 0 aliphatic heterocycles. The molecule has 0 saturated heterocycles. The van der Waals surface area contributed by atoms with E-state index in [1.807, 2.05) is 0 Å². The summed E-state index contributed by atoms with van der Waals surface area (Å²) in [6, 6.07) is 4.89. The zero-order valence-electron chi connectivity index (χ0n) is 9.14. The molecule has 0 radical (unpaired) electrons. The van der Waals surface area contributed by atoms with E-state index in [9.17, 15) is 15.2 Å². The van der Waals surface area contributed by atoms with Gasteiger partial charge in [0.1, 0.15) is 6.54 Å². The van der Waals surface area contributed by atoms with Crippen LogP contribution in [0.1, 0.15) is 15.9 Å². The number of quaternary nitrogens is 1. The van der Waals surface area contributed by atoms with Crippen molar-refractivity contribution in [3.8, 4) is 0 Å². The fourth-order valence-corrected chi connectivity index (χ4v) is 1.88. The highest BCUT2D eigenvalue weighted by Gasteiger charge is 2.12. The Labute approximate surface area is 96.8 Å². The molecule has 0 fully saturated rings. The van der Waals surface area contributed by atoms with Crippen LogP contribution in [-0.4, -0.2) is 15.6 Å². The van der Waals surface area contributed by atoms with E-state index in [1.54, 1.807) is 29.8 Å². The SMILES string of the molecule is Cn1cc(C(=O)O)c2ccc(C[NH+]([O-])[O-])cc21. The summed E-state index contributed by atoms with van der Waals surface area (Å²) in [6.07, 6.45) is 1.51. The Bertz CT molecular complexity index is 574. The Balaban J connectivity index is 2.55. The Hall–Kier alpha value is -1.89. The number of hydrogen-bond donors (Lipinski definition) is 2. The number of carboxylic acids is 1. The van der Waals surface area contributed by atoms with E-state index in [1.165, 1.54) is 6.20 Å². The lowest BCUT2D eigenvalue weighted by Crippen LogP contribution is -3.00. The van der Waals surface area contributed by atoms with Crippen LogP contribution in [0.3, 0.4) is 0 Å². The smallest absolute Gasteiger partial charge is 0.337 e. The maximum Gasteiger partial charge on any atom is 0.337 e. The molecule has 17 heavy (non-hydrogen) atoms. The molecule has 0 bridgehead atoms. The first kappa shape index (κ1) is 11.6. The number of aryl methyl sites for hydroxylation is 1. The summed E-state index contributed by atoms with van der Waals surface area (Å²) in [6.45, 7) is -0.177. The highest BCUT2D eigenvalue weighted by molar-refractivity contribution is 6.03. The Morgan fingerprint density at radius 2 is 2.18 bits per heavy atom.